The summed E-state index contributed by atoms with van der Waals surface area (Å²) in [6, 6.07) is 16.1. The molecule has 1 aliphatic heterocycles. The normalized spacial score (nSPS) is 21.4. The zero-order chi connectivity index (χ0) is 25.4. The smallest absolute Gasteiger partial charge is 0.335 e. The number of carboxylic acids is 1. The molecule has 3 aromatic rings. The van der Waals surface area contributed by atoms with E-state index < -0.39 is 16.7 Å². The molecule has 190 valence electrons. The fourth-order valence-corrected chi connectivity index (χ4v) is 7.35. The third-order valence-corrected chi connectivity index (χ3v) is 9.72. The average molecular weight is 528 g/mol. The summed E-state index contributed by atoms with van der Waals surface area (Å²) in [6.45, 7) is 0.594. The maximum absolute atomic E-state index is 11.7. The van der Waals surface area contributed by atoms with Gasteiger partial charge in [0.2, 0.25) is 0 Å². The van der Waals surface area contributed by atoms with Gasteiger partial charge in [0.25, 0.3) is 0 Å². The Morgan fingerprint density at radius 3 is 2.47 bits per heavy atom. The molecular formula is C27H30ClN3O4S. The van der Waals surface area contributed by atoms with Crippen molar-refractivity contribution in [2.24, 2.45) is 5.92 Å². The molecule has 2 heterocycles. The number of nitrogens with zero attached hydrogens (tertiary/aromatic N) is 3. The van der Waals surface area contributed by atoms with Gasteiger partial charge in [-0.1, -0.05) is 49.1 Å². The van der Waals surface area contributed by atoms with Crippen molar-refractivity contribution in [1.29, 1.82) is 0 Å². The zero-order valence-electron chi connectivity index (χ0n) is 20.0. The lowest BCUT2D eigenvalue weighted by atomic mass is 9.83. The molecule has 0 amide bonds. The Bertz CT molecular complexity index is 1270. The summed E-state index contributed by atoms with van der Waals surface area (Å²) in [5.74, 6) is -0.724. The van der Waals surface area contributed by atoms with Gasteiger partial charge in [0.15, 0.2) is 0 Å². The number of halogens is 1. The molecule has 2 aliphatic rings. The van der Waals surface area contributed by atoms with Gasteiger partial charge in [0.05, 0.1) is 26.9 Å². The van der Waals surface area contributed by atoms with Crippen molar-refractivity contribution >= 4 is 39.7 Å². The van der Waals surface area contributed by atoms with Crippen molar-refractivity contribution < 1.29 is 19.0 Å². The van der Waals surface area contributed by atoms with E-state index in [1.54, 1.807) is 23.5 Å². The second-order valence-corrected chi connectivity index (χ2v) is 12.0. The van der Waals surface area contributed by atoms with E-state index >= 15 is 0 Å². The van der Waals surface area contributed by atoms with Gasteiger partial charge in [-0.2, -0.15) is 4.31 Å². The van der Waals surface area contributed by atoms with E-state index in [4.69, 9.17) is 11.6 Å². The van der Waals surface area contributed by atoms with Crippen LogP contribution in [0.3, 0.4) is 0 Å². The first-order valence-corrected chi connectivity index (χ1v) is 14.0. The van der Waals surface area contributed by atoms with Crippen LogP contribution in [-0.2, 0) is 0 Å². The van der Waals surface area contributed by atoms with E-state index in [0.717, 1.165) is 31.4 Å². The lowest BCUT2D eigenvalue weighted by Crippen LogP contribution is -2.45. The number of hydrogen-bond acceptors (Lipinski definition) is 6. The molecule has 0 saturated heterocycles. The second-order valence-electron chi connectivity index (χ2n) is 9.51. The van der Waals surface area contributed by atoms with Crippen LogP contribution in [0.5, 0.6) is 0 Å². The van der Waals surface area contributed by atoms with E-state index in [9.17, 15) is 19.0 Å². The molecule has 3 N–H and O–H groups in total. The van der Waals surface area contributed by atoms with Crippen LogP contribution in [0.15, 0.2) is 65.7 Å². The molecule has 1 saturated carbocycles. The van der Waals surface area contributed by atoms with Gasteiger partial charge < -0.3 is 10.0 Å². The van der Waals surface area contributed by atoms with E-state index in [1.807, 2.05) is 30.3 Å². The molecule has 1 aliphatic carbocycles. The predicted octanol–water partition coefficient (Wildman–Crippen LogP) is 7.16. The Morgan fingerprint density at radius 1 is 1.06 bits per heavy atom. The summed E-state index contributed by atoms with van der Waals surface area (Å²) in [5, 5.41) is 9.80. The molecule has 0 radical (unpaired) electrons. The fourth-order valence-electron chi connectivity index (χ4n) is 5.44. The van der Waals surface area contributed by atoms with Gasteiger partial charge in [0, 0.05) is 37.1 Å². The van der Waals surface area contributed by atoms with Gasteiger partial charge in [0.1, 0.15) is 0 Å². The second kappa shape index (κ2) is 10.0. The lowest BCUT2D eigenvalue weighted by Gasteiger charge is -2.46. The summed E-state index contributed by atoms with van der Waals surface area (Å²) in [4.78, 5) is 18.3. The van der Waals surface area contributed by atoms with Crippen molar-refractivity contribution in [3.63, 3.8) is 0 Å². The maximum Gasteiger partial charge on any atom is 0.335 e. The minimum Gasteiger partial charge on any atom is -0.478 e. The number of rotatable bonds is 4. The van der Waals surface area contributed by atoms with E-state index in [1.165, 1.54) is 24.8 Å². The van der Waals surface area contributed by atoms with Crippen LogP contribution in [0.1, 0.15) is 42.5 Å². The van der Waals surface area contributed by atoms with Gasteiger partial charge in [-0.05, 0) is 55.2 Å². The summed E-state index contributed by atoms with van der Waals surface area (Å²) in [5.41, 5.74) is 2.48. The maximum atomic E-state index is 11.7. The number of pyridine rings is 1. The van der Waals surface area contributed by atoms with Gasteiger partial charge in [-0.3, -0.25) is 14.1 Å². The molecule has 9 heteroatoms. The molecule has 1 aromatic heterocycles. The molecule has 1 atom stereocenters. The minimum atomic E-state index is -3.38. The Labute approximate surface area is 217 Å². The Kier molecular flexibility index (Phi) is 6.98. The van der Waals surface area contributed by atoms with Crippen LogP contribution < -0.4 is 4.90 Å². The fraction of sp³-hybridized carbons (Fsp3) is 0.333. The number of aromatic nitrogens is 1. The molecular weight excluding hydrogens is 498 g/mol. The zero-order valence-corrected chi connectivity index (χ0v) is 21.6. The van der Waals surface area contributed by atoms with Gasteiger partial charge >= 0.3 is 5.97 Å². The molecule has 7 nitrogen and oxygen atoms in total. The highest BCUT2D eigenvalue weighted by Crippen LogP contribution is 2.60. The first-order valence-electron chi connectivity index (χ1n) is 12.1. The molecule has 36 heavy (non-hydrogen) atoms. The van der Waals surface area contributed by atoms with Crippen LogP contribution >= 0.6 is 22.4 Å². The largest absolute Gasteiger partial charge is 0.478 e. The van der Waals surface area contributed by atoms with Crippen molar-refractivity contribution in [3.05, 3.63) is 71.4 Å². The quantitative estimate of drug-likeness (QED) is 0.331. The standard InChI is InChI=1S/C27H30ClN3O4S/c1-30-25(18-8-4-2-5-9-18)17-31(20-10-6-3-7-11-20)24-16-22(28)21(15-26(24)36(30,34)35)23-14-19(27(32)33)12-13-29-23/h3,6-7,10-16,18,25,34-35H,2,4-5,8-9,17H2,1H3,(H,32,33). The van der Waals surface area contributed by atoms with Crippen molar-refractivity contribution in [3.8, 4) is 11.3 Å². The number of aromatic carboxylic acids is 1. The first kappa shape index (κ1) is 25.0. The molecule has 1 unspecified atom stereocenters. The van der Waals surface area contributed by atoms with Gasteiger partial charge in [-0.15, -0.1) is 10.8 Å². The van der Waals surface area contributed by atoms with E-state index in [2.05, 4.69) is 9.88 Å². The molecule has 0 spiro atoms. The number of para-hydroxylation sites is 1. The number of anilines is 2. The van der Waals surface area contributed by atoms with Crippen molar-refractivity contribution in [2.75, 3.05) is 18.5 Å². The third-order valence-electron chi connectivity index (χ3n) is 7.42. The highest BCUT2D eigenvalue weighted by Gasteiger charge is 2.41. The number of likely N-dealkylation sites (N-methyl/N-ethyl adjacent to an activating group) is 1. The predicted molar refractivity (Wildman–Crippen MR) is 144 cm³/mol. The number of carboxylic acid groups (broad SMARTS) is 1. The SMILES string of the molecule is CN1C(C2CCCCC2)CN(c2ccccc2)c2cc(Cl)c(-c3cc(C(=O)O)ccn3)cc2S1(O)O. The molecule has 2 aromatic carbocycles. The minimum absolute atomic E-state index is 0.0707. The third kappa shape index (κ3) is 4.60. The van der Waals surface area contributed by atoms with Crippen LogP contribution in [0.4, 0.5) is 11.4 Å². The number of hydrogen-bond donors (Lipinski definition) is 3. The first-order chi connectivity index (χ1) is 17.3. The van der Waals surface area contributed by atoms with Crippen molar-refractivity contribution in [2.45, 2.75) is 43.0 Å². The van der Waals surface area contributed by atoms with Crippen LogP contribution in [-0.4, -0.2) is 49.1 Å². The summed E-state index contributed by atoms with van der Waals surface area (Å²) >= 11 is 6.77. The van der Waals surface area contributed by atoms with E-state index in [0.29, 0.717) is 39.3 Å². The monoisotopic (exact) mass is 527 g/mol. The highest BCUT2D eigenvalue weighted by molar-refractivity contribution is 8.22. The summed E-state index contributed by atoms with van der Waals surface area (Å²) < 4.78 is 25.2. The highest BCUT2D eigenvalue weighted by atomic mass is 35.5. The van der Waals surface area contributed by atoms with Crippen LogP contribution in [0, 0.1) is 5.92 Å². The number of benzene rings is 2. The summed E-state index contributed by atoms with van der Waals surface area (Å²) in [6.07, 6.45) is 7.04. The number of fused-ring (bicyclic) bond motifs is 1. The topological polar surface area (TPSA) is 97.1 Å². The van der Waals surface area contributed by atoms with Gasteiger partial charge in [-0.25, -0.2) is 4.79 Å². The Morgan fingerprint density at radius 2 is 1.78 bits per heavy atom. The van der Waals surface area contributed by atoms with E-state index in [-0.39, 0.29) is 11.6 Å². The Hall–Kier alpha value is -2.62. The van der Waals surface area contributed by atoms with Crippen LogP contribution in [0.25, 0.3) is 11.3 Å². The average Bonchev–Trinajstić information content (AvgIpc) is 2.97. The number of carbonyl (C=O) groups is 1. The molecule has 0 bridgehead atoms. The molecule has 1 fully saturated rings. The van der Waals surface area contributed by atoms with Crippen LogP contribution in [0.2, 0.25) is 5.02 Å². The summed E-state index contributed by atoms with van der Waals surface area (Å²) in [7, 11) is -1.59. The lowest BCUT2D eigenvalue weighted by molar-refractivity contribution is 0.0696. The van der Waals surface area contributed by atoms with Crippen molar-refractivity contribution in [1.82, 2.24) is 9.29 Å². The Balaban J connectivity index is 1.69. The molecule has 5 rings (SSSR count).